The van der Waals surface area contributed by atoms with Crippen LogP contribution in [0.25, 0.3) is 0 Å². The summed E-state index contributed by atoms with van der Waals surface area (Å²) < 4.78 is 7.41. The Morgan fingerprint density at radius 1 is 1.56 bits per heavy atom. The van der Waals surface area contributed by atoms with E-state index >= 15 is 0 Å². The molecule has 2 rings (SSSR count). The second-order valence-electron chi connectivity index (χ2n) is 2.81. The Kier molecular flexibility index (Phi) is 1.43. The molecular formula is C6H11NOS. The molecule has 2 heterocycles. The molecule has 0 spiro atoms. The summed E-state index contributed by atoms with van der Waals surface area (Å²) in [5, 5.41) is 0. The first kappa shape index (κ1) is 6.01. The Hall–Kier alpha value is 0.270. The van der Waals surface area contributed by atoms with Gasteiger partial charge in [0.25, 0.3) is 0 Å². The molecule has 0 amide bonds. The Bertz CT molecular complexity index is 118. The van der Waals surface area contributed by atoms with Crippen LogP contribution < -0.4 is 0 Å². The molecule has 9 heavy (non-hydrogen) atoms. The van der Waals surface area contributed by atoms with E-state index in [2.05, 4.69) is 17.1 Å². The van der Waals surface area contributed by atoms with Gasteiger partial charge in [0.05, 0.1) is 6.61 Å². The van der Waals surface area contributed by atoms with Crippen molar-refractivity contribution in [3.05, 3.63) is 0 Å². The number of fused-ring (bicyclic) bond motifs is 1. The summed E-state index contributed by atoms with van der Waals surface area (Å²) in [6.07, 6.45) is 1.17. The van der Waals surface area contributed by atoms with Crippen molar-refractivity contribution in [2.45, 2.75) is 12.5 Å². The van der Waals surface area contributed by atoms with Crippen molar-refractivity contribution in [1.82, 2.24) is 4.31 Å². The van der Waals surface area contributed by atoms with Gasteiger partial charge in [-0.2, -0.15) is 0 Å². The van der Waals surface area contributed by atoms with E-state index in [1.54, 1.807) is 0 Å². The molecule has 0 aromatic carbocycles. The Morgan fingerprint density at radius 3 is 3.00 bits per heavy atom. The highest BCUT2D eigenvalue weighted by Crippen LogP contribution is 2.31. The van der Waals surface area contributed by atoms with Crippen LogP contribution in [0.5, 0.6) is 0 Å². The Balaban J connectivity index is 1.94. The third kappa shape index (κ3) is 0.876. The SMILES string of the molecule is SN1CC2COCCC21. The molecule has 0 radical (unpaired) electrons. The zero-order valence-electron chi connectivity index (χ0n) is 5.29. The van der Waals surface area contributed by atoms with Crippen LogP contribution in [0.2, 0.25) is 0 Å². The third-order valence-electron chi connectivity index (χ3n) is 2.24. The van der Waals surface area contributed by atoms with Crippen molar-refractivity contribution in [3.8, 4) is 0 Å². The fraction of sp³-hybridized carbons (Fsp3) is 1.00. The maximum absolute atomic E-state index is 5.29. The second kappa shape index (κ2) is 2.15. The van der Waals surface area contributed by atoms with E-state index in [4.69, 9.17) is 4.74 Å². The van der Waals surface area contributed by atoms with Crippen molar-refractivity contribution in [2.75, 3.05) is 19.8 Å². The van der Waals surface area contributed by atoms with Gasteiger partial charge in [-0.25, -0.2) is 4.31 Å². The van der Waals surface area contributed by atoms with E-state index in [9.17, 15) is 0 Å². The van der Waals surface area contributed by atoms with E-state index in [-0.39, 0.29) is 0 Å². The lowest BCUT2D eigenvalue weighted by Crippen LogP contribution is -2.55. The molecule has 2 fully saturated rings. The van der Waals surface area contributed by atoms with Gasteiger partial charge in [0, 0.05) is 25.1 Å². The minimum atomic E-state index is 0.724. The number of rotatable bonds is 0. The monoisotopic (exact) mass is 145 g/mol. The lowest BCUT2D eigenvalue weighted by molar-refractivity contribution is -0.0444. The summed E-state index contributed by atoms with van der Waals surface area (Å²) in [7, 11) is 0. The average molecular weight is 145 g/mol. The second-order valence-corrected chi connectivity index (χ2v) is 3.33. The van der Waals surface area contributed by atoms with Gasteiger partial charge in [-0.1, -0.05) is 12.8 Å². The van der Waals surface area contributed by atoms with Crippen LogP contribution in [0.3, 0.4) is 0 Å². The van der Waals surface area contributed by atoms with Crippen LogP contribution in [0, 0.1) is 5.92 Å². The summed E-state index contributed by atoms with van der Waals surface area (Å²) in [4.78, 5) is 0. The third-order valence-corrected chi connectivity index (χ3v) is 2.70. The highest BCUT2D eigenvalue weighted by Gasteiger charge is 2.38. The molecule has 2 atom stereocenters. The summed E-state index contributed by atoms with van der Waals surface area (Å²) >= 11 is 4.28. The topological polar surface area (TPSA) is 12.5 Å². The Labute approximate surface area is 60.7 Å². The van der Waals surface area contributed by atoms with Crippen molar-refractivity contribution < 1.29 is 4.74 Å². The molecule has 2 unspecified atom stereocenters. The van der Waals surface area contributed by atoms with E-state index in [0.717, 1.165) is 31.7 Å². The van der Waals surface area contributed by atoms with Gasteiger partial charge >= 0.3 is 0 Å². The first-order valence-corrected chi connectivity index (χ1v) is 3.81. The highest BCUT2D eigenvalue weighted by molar-refractivity contribution is 7.77. The predicted octanol–water partition coefficient (Wildman–Crippen LogP) is 0.552. The predicted molar refractivity (Wildman–Crippen MR) is 38.4 cm³/mol. The number of hydrogen-bond donors (Lipinski definition) is 1. The lowest BCUT2D eigenvalue weighted by atomic mass is 9.88. The van der Waals surface area contributed by atoms with Crippen LogP contribution in [-0.2, 0) is 4.74 Å². The number of thiol groups is 1. The van der Waals surface area contributed by atoms with Crippen molar-refractivity contribution in [3.63, 3.8) is 0 Å². The zero-order valence-corrected chi connectivity index (χ0v) is 6.18. The smallest absolute Gasteiger partial charge is 0.0522 e. The van der Waals surface area contributed by atoms with Gasteiger partial charge in [0.1, 0.15) is 0 Å². The quantitative estimate of drug-likeness (QED) is 0.500. The number of hydrogen-bond acceptors (Lipinski definition) is 3. The van der Waals surface area contributed by atoms with Crippen LogP contribution in [-0.4, -0.2) is 30.1 Å². The number of ether oxygens (including phenoxy) is 1. The highest BCUT2D eigenvalue weighted by atomic mass is 32.1. The molecule has 2 saturated heterocycles. The van der Waals surface area contributed by atoms with Gasteiger partial charge in [0.2, 0.25) is 0 Å². The molecule has 0 saturated carbocycles. The van der Waals surface area contributed by atoms with E-state index in [1.807, 2.05) is 0 Å². The fourth-order valence-corrected chi connectivity index (χ4v) is 2.10. The first-order valence-electron chi connectivity index (χ1n) is 3.41. The molecular weight excluding hydrogens is 134 g/mol. The average Bonchev–Trinajstić information content (AvgIpc) is 1.86. The van der Waals surface area contributed by atoms with Crippen molar-refractivity contribution in [2.24, 2.45) is 5.92 Å². The van der Waals surface area contributed by atoms with Gasteiger partial charge in [0.15, 0.2) is 0 Å². The molecule has 0 bridgehead atoms. The minimum Gasteiger partial charge on any atom is -0.381 e. The van der Waals surface area contributed by atoms with Crippen molar-refractivity contribution >= 4 is 12.8 Å². The summed E-state index contributed by atoms with van der Waals surface area (Å²) in [6, 6.07) is 0.724. The normalized spacial score (nSPS) is 43.7. The van der Waals surface area contributed by atoms with Gasteiger partial charge in [-0.3, -0.25) is 0 Å². The van der Waals surface area contributed by atoms with Crippen LogP contribution in [0.1, 0.15) is 6.42 Å². The lowest BCUT2D eigenvalue weighted by Gasteiger charge is -2.47. The fourth-order valence-electron chi connectivity index (χ4n) is 1.59. The molecule has 0 aromatic rings. The zero-order chi connectivity index (χ0) is 6.27. The standard InChI is InChI=1S/C6H11NOS/c9-7-3-5-4-8-2-1-6(5)7/h5-6,9H,1-4H2. The maximum atomic E-state index is 5.29. The summed E-state index contributed by atoms with van der Waals surface area (Å²) in [5.74, 6) is 0.788. The van der Waals surface area contributed by atoms with Gasteiger partial charge in [-0.05, 0) is 6.42 Å². The number of nitrogens with zero attached hydrogens (tertiary/aromatic N) is 1. The van der Waals surface area contributed by atoms with E-state index < -0.39 is 0 Å². The maximum Gasteiger partial charge on any atom is 0.0522 e. The molecule has 2 nitrogen and oxygen atoms in total. The van der Waals surface area contributed by atoms with Crippen LogP contribution in [0.4, 0.5) is 0 Å². The van der Waals surface area contributed by atoms with Crippen LogP contribution >= 0.6 is 12.8 Å². The Morgan fingerprint density at radius 2 is 2.44 bits per heavy atom. The molecule has 2 aliphatic heterocycles. The molecule has 52 valence electrons. The largest absolute Gasteiger partial charge is 0.381 e. The van der Waals surface area contributed by atoms with Crippen molar-refractivity contribution in [1.29, 1.82) is 0 Å². The molecule has 0 aliphatic carbocycles. The molecule has 0 N–H and O–H groups in total. The molecule has 3 heteroatoms. The van der Waals surface area contributed by atoms with E-state index in [1.165, 1.54) is 6.42 Å². The molecule has 0 aromatic heterocycles. The van der Waals surface area contributed by atoms with Gasteiger partial charge < -0.3 is 4.74 Å². The van der Waals surface area contributed by atoms with Gasteiger partial charge in [-0.15, -0.1) is 0 Å². The first-order chi connectivity index (χ1) is 4.38. The van der Waals surface area contributed by atoms with Crippen LogP contribution in [0.15, 0.2) is 0 Å². The molecule has 2 aliphatic rings. The summed E-state index contributed by atoms with van der Waals surface area (Å²) in [5.41, 5.74) is 0. The minimum absolute atomic E-state index is 0.724. The summed E-state index contributed by atoms with van der Waals surface area (Å²) in [6.45, 7) is 3.01. The van der Waals surface area contributed by atoms with E-state index in [0.29, 0.717) is 0 Å².